The molecule has 1 rings (SSSR count). The Bertz CT molecular complexity index is 421. The maximum Gasteiger partial charge on any atom is 0.416 e. The minimum atomic E-state index is -4.39. The standard InChI is InChI=1S/C13H16F3NOS/c1-2-3-7-19-9-12(18)17-11-6-4-5-10(8-11)13(14,15)16/h4-6,8H,2-3,7,9H2,1H3,(H,17,18). The Labute approximate surface area is 114 Å². The van der Waals surface area contributed by atoms with E-state index >= 15 is 0 Å². The summed E-state index contributed by atoms with van der Waals surface area (Å²) in [4.78, 5) is 11.5. The molecule has 0 aliphatic rings. The zero-order chi connectivity index (χ0) is 14.3. The normalized spacial score (nSPS) is 11.4. The van der Waals surface area contributed by atoms with Crippen LogP contribution in [0.1, 0.15) is 25.3 Å². The number of nitrogens with one attached hydrogen (secondary N) is 1. The molecule has 0 unspecified atom stereocenters. The summed E-state index contributed by atoms with van der Waals surface area (Å²) in [7, 11) is 0. The summed E-state index contributed by atoms with van der Waals surface area (Å²) in [5.41, 5.74) is -0.583. The van der Waals surface area contributed by atoms with Gasteiger partial charge in [0.2, 0.25) is 5.91 Å². The van der Waals surface area contributed by atoms with Crippen molar-refractivity contribution < 1.29 is 18.0 Å². The van der Waals surface area contributed by atoms with Crippen LogP contribution in [-0.2, 0) is 11.0 Å². The zero-order valence-electron chi connectivity index (χ0n) is 10.6. The van der Waals surface area contributed by atoms with E-state index in [-0.39, 0.29) is 17.3 Å². The van der Waals surface area contributed by atoms with Crippen molar-refractivity contribution in [1.29, 1.82) is 0 Å². The van der Waals surface area contributed by atoms with Gasteiger partial charge in [-0.25, -0.2) is 0 Å². The fourth-order valence-corrected chi connectivity index (χ4v) is 2.28. The van der Waals surface area contributed by atoms with E-state index in [0.29, 0.717) is 0 Å². The van der Waals surface area contributed by atoms with E-state index < -0.39 is 11.7 Å². The molecule has 0 fully saturated rings. The molecular weight excluding hydrogens is 275 g/mol. The average Bonchev–Trinajstić information content (AvgIpc) is 2.34. The second-order valence-electron chi connectivity index (χ2n) is 4.03. The van der Waals surface area contributed by atoms with Crippen LogP contribution >= 0.6 is 11.8 Å². The number of alkyl halides is 3. The Balaban J connectivity index is 2.50. The van der Waals surface area contributed by atoms with Crippen molar-refractivity contribution in [2.24, 2.45) is 0 Å². The van der Waals surface area contributed by atoms with E-state index in [0.717, 1.165) is 30.7 Å². The van der Waals surface area contributed by atoms with Crippen molar-refractivity contribution >= 4 is 23.4 Å². The van der Waals surface area contributed by atoms with Crippen molar-refractivity contribution in [3.8, 4) is 0 Å². The van der Waals surface area contributed by atoms with Gasteiger partial charge in [-0.3, -0.25) is 4.79 Å². The number of carbonyl (C=O) groups is 1. The first kappa shape index (κ1) is 15.9. The van der Waals surface area contributed by atoms with Crippen LogP contribution in [0.2, 0.25) is 0 Å². The largest absolute Gasteiger partial charge is 0.416 e. The molecule has 0 saturated carbocycles. The highest BCUT2D eigenvalue weighted by Crippen LogP contribution is 2.30. The van der Waals surface area contributed by atoms with Crippen LogP contribution in [0.25, 0.3) is 0 Å². The van der Waals surface area contributed by atoms with Gasteiger partial charge in [-0.15, -0.1) is 0 Å². The molecule has 0 aliphatic carbocycles. The average molecular weight is 291 g/mol. The summed E-state index contributed by atoms with van der Waals surface area (Å²) in [6.07, 6.45) is -2.31. The lowest BCUT2D eigenvalue weighted by Gasteiger charge is -2.09. The van der Waals surface area contributed by atoms with E-state index in [1.807, 2.05) is 0 Å². The van der Waals surface area contributed by atoms with Gasteiger partial charge in [0.15, 0.2) is 0 Å². The van der Waals surface area contributed by atoms with Crippen LogP contribution in [0, 0.1) is 0 Å². The molecule has 0 spiro atoms. The lowest BCUT2D eigenvalue weighted by molar-refractivity contribution is -0.137. The van der Waals surface area contributed by atoms with Gasteiger partial charge < -0.3 is 5.32 Å². The molecule has 1 aromatic rings. The summed E-state index contributed by atoms with van der Waals surface area (Å²) in [6.45, 7) is 2.06. The summed E-state index contributed by atoms with van der Waals surface area (Å²) in [5, 5.41) is 2.47. The zero-order valence-corrected chi connectivity index (χ0v) is 11.4. The van der Waals surface area contributed by atoms with Gasteiger partial charge in [-0.05, 0) is 30.4 Å². The molecule has 0 heterocycles. The van der Waals surface area contributed by atoms with Gasteiger partial charge in [0.25, 0.3) is 0 Å². The van der Waals surface area contributed by atoms with Crippen LogP contribution in [0.3, 0.4) is 0 Å². The smallest absolute Gasteiger partial charge is 0.325 e. The number of hydrogen-bond donors (Lipinski definition) is 1. The van der Waals surface area contributed by atoms with Crippen LogP contribution in [0.15, 0.2) is 24.3 Å². The maximum absolute atomic E-state index is 12.5. The molecule has 0 bridgehead atoms. The van der Waals surface area contributed by atoms with Crippen LogP contribution in [0.5, 0.6) is 0 Å². The third-order valence-corrected chi connectivity index (χ3v) is 3.39. The molecule has 0 radical (unpaired) electrons. The first-order valence-electron chi connectivity index (χ1n) is 5.98. The second kappa shape index (κ2) is 7.43. The van der Waals surface area contributed by atoms with Gasteiger partial charge >= 0.3 is 6.18 Å². The molecule has 0 atom stereocenters. The van der Waals surface area contributed by atoms with Crippen LogP contribution in [0.4, 0.5) is 18.9 Å². The molecule has 0 saturated heterocycles. The lowest BCUT2D eigenvalue weighted by atomic mass is 10.2. The minimum absolute atomic E-state index is 0.177. The van der Waals surface area contributed by atoms with Gasteiger partial charge in [-0.1, -0.05) is 19.4 Å². The van der Waals surface area contributed by atoms with Gasteiger partial charge in [-0.2, -0.15) is 24.9 Å². The van der Waals surface area contributed by atoms with Gasteiger partial charge in [0, 0.05) is 5.69 Å². The van der Waals surface area contributed by atoms with Crippen molar-refractivity contribution in [2.75, 3.05) is 16.8 Å². The van der Waals surface area contributed by atoms with Gasteiger partial charge in [0.1, 0.15) is 0 Å². The molecule has 106 valence electrons. The predicted octanol–water partition coefficient (Wildman–Crippen LogP) is 4.18. The molecule has 0 aliphatic heterocycles. The van der Waals surface area contributed by atoms with E-state index in [2.05, 4.69) is 12.2 Å². The Morgan fingerprint density at radius 3 is 2.74 bits per heavy atom. The number of amides is 1. The monoisotopic (exact) mass is 291 g/mol. The summed E-state index contributed by atoms with van der Waals surface area (Å²) >= 11 is 1.48. The molecule has 19 heavy (non-hydrogen) atoms. The Morgan fingerprint density at radius 2 is 2.11 bits per heavy atom. The highest BCUT2D eigenvalue weighted by molar-refractivity contribution is 7.99. The Morgan fingerprint density at radius 1 is 1.37 bits per heavy atom. The number of rotatable bonds is 6. The third-order valence-electron chi connectivity index (χ3n) is 2.35. The summed E-state index contributed by atoms with van der Waals surface area (Å²) < 4.78 is 37.4. The van der Waals surface area contributed by atoms with Crippen LogP contribution in [-0.4, -0.2) is 17.4 Å². The van der Waals surface area contributed by atoms with Crippen molar-refractivity contribution in [1.82, 2.24) is 0 Å². The second-order valence-corrected chi connectivity index (χ2v) is 5.14. The van der Waals surface area contributed by atoms with Crippen molar-refractivity contribution in [3.05, 3.63) is 29.8 Å². The number of benzene rings is 1. The molecule has 2 nitrogen and oxygen atoms in total. The number of hydrogen-bond acceptors (Lipinski definition) is 2. The fourth-order valence-electron chi connectivity index (χ4n) is 1.38. The fraction of sp³-hybridized carbons (Fsp3) is 0.462. The van der Waals surface area contributed by atoms with E-state index in [1.54, 1.807) is 0 Å². The number of halogens is 3. The van der Waals surface area contributed by atoms with E-state index in [4.69, 9.17) is 0 Å². The molecule has 1 aromatic carbocycles. The number of thioether (sulfide) groups is 1. The van der Waals surface area contributed by atoms with E-state index in [9.17, 15) is 18.0 Å². The minimum Gasteiger partial charge on any atom is -0.325 e. The Kier molecular flexibility index (Phi) is 6.21. The third kappa shape index (κ3) is 6.00. The van der Waals surface area contributed by atoms with Gasteiger partial charge in [0.05, 0.1) is 11.3 Å². The number of unbranched alkanes of at least 4 members (excludes halogenated alkanes) is 1. The number of anilines is 1. The topological polar surface area (TPSA) is 29.1 Å². The first-order chi connectivity index (χ1) is 8.93. The molecule has 1 amide bonds. The van der Waals surface area contributed by atoms with E-state index in [1.165, 1.54) is 23.9 Å². The SMILES string of the molecule is CCCCSCC(=O)Nc1cccc(C(F)(F)F)c1. The molecule has 1 N–H and O–H groups in total. The molecule has 6 heteroatoms. The summed E-state index contributed by atoms with van der Waals surface area (Å²) in [6, 6.07) is 4.65. The highest BCUT2D eigenvalue weighted by atomic mass is 32.2. The predicted molar refractivity (Wildman–Crippen MR) is 72.3 cm³/mol. The molecule has 0 aromatic heterocycles. The van der Waals surface area contributed by atoms with Crippen molar-refractivity contribution in [3.63, 3.8) is 0 Å². The quantitative estimate of drug-likeness (QED) is 0.797. The summed E-state index contributed by atoms with van der Waals surface area (Å²) in [5.74, 6) is 0.864. The molecular formula is C13H16F3NOS. The number of carbonyl (C=O) groups excluding carboxylic acids is 1. The lowest BCUT2D eigenvalue weighted by Crippen LogP contribution is -2.15. The first-order valence-corrected chi connectivity index (χ1v) is 7.14. The van der Waals surface area contributed by atoms with Crippen molar-refractivity contribution in [2.45, 2.75) is 25.9 Å². The highest BCUT2D eigenvalue weighted by Gasteiger charge is 2.30. The maximum atomic E-state index is 12.5. The van der Waals surface area contributed by atoms with Crippen LogP contribution < -0.4 is 5.32 Å². The Hall–Kier alpha value is -1.17.